The maximum Gasteiger partial charge on any atom is 0.260 e. The number of nitrogens with zero attached hydrogens (tertiary/aromatic N) is 2. The van der Waals surface area contributed by atoms with E-state index in [1.807, 2.05) is 71.5 Å². The topological polar surface area (TPSA) is 67.2 Å². The second kappa shape index (κ2) is 11.4. The van der Waals surface area contributed by atoms with Crippen LogP contribution in [-0.4, -0.2) is 25.7 Å². The average molecular weight is 510 g/mol. The lowest BCUT2D eigenvalue weighted by Crippen LogP contribution is -2.22. The van der Waals surface area contributed by atoms with Gasteiger partial charge in [0.25, 0.3) is 5.91 Å². The minimum Gasteiger partial charge on any atom is -0.512 e. The standard InChI is InChI=1S/C31H31N3O2S/c1-20(2)27-8-6-5-7-24(27)19-29(37)30(22(4)35)31(36)32-25-13-11-23(12-14-25)28-17-18-34(33-28)26-15-9-21(3)10-16-26/h5-18,20,35H,19H2,1-4H3,(H,32,36). The van der Waals surface area contributed by atoms with E-state index in [9.17, 15) is 9.90 Å². The van der Waals surface area contributed by atoms with Gasteiger partial charge in [-0.05, 0) is 61.2 Å². The molecule has 4 aromatic rings. The first-order chi connectivity index (χ1) is 17.7. The van der Waals surface area contributed by atoms with Crippen LogP contribution in [0.2, 0.25) is 0 Å². The Morgan fingerprint density at radius 2 is 1.68 bits per heavy atom. The molecule has 5 nitrogen and oxygen atoms in total. The van der Waals surface area contributed by atoms with E-state index in [1.54, 1.807) is 0 Å². The van der Waals surface area contributed by atoms with E-state index in [0.29, 0.717) is 22.9 Å². The first kappa shape index (κ1) is 26.0. The number of carbonyl (C=O) groups is 1. The fourth-order valence-electron chi connectivity index (χ4n) is 4.25. The molecule has 0 bridgehead atoms. The fraction of sp³-hybridized carbons (Fsp3) is 0.194. The van der Waals surface area contributed by atoms with Crippen molar-refractivity contribution < 1.29 is 9.90 Å². The maximum atomic E-state index is 13.1. The summed E-state index contributed by atoms with van der Waals surface area (Å²) in [7, 11) is 0. The summed E-state index contributed by atoms with van der Waals surface area (Å²) in [6, 6.07) is 25.6. The smallest absolute Gasteiger partial charge is 0.260 e. The Kier molecular flexibility index (Phi) is 7.99. The van der Waals surface area contributed by atoms with Gasteiger partial charge in [0.05, 0.1) is 17.0 Å². The summed E-state index contributed by atoms with van der Waals surface area (Å²) in [5.41, 5.74) is 6.93. The van der Waals surface area contributed by atoms with Crippen LogP contribution < -0.4 is 5.32 Å². The molecule has 3 aromatic carbocycles. The SMILES string of the molecule is CC(O)=C(C(=O)Nc1ccc(-c2ccn(-c3ccc(C)cc3)n2)cc1)C(=S)Cc1ccccc1C(C)C. The van der Waals surface area contributed by atoms with Gasteiger partial charge in [0.2, 0.25) is 0 Å². The number of benzene rings is 3. The molecule has 1 amide bonds. The van der Waals surface area contributed by atoms with Gasteiger partial charge in [-0.15, -0.1) is 0 Å². The average Bonchev–Trinajstić information content (AvgIpc) is 3.35. The minimum atomic E-state index is -0.427. The largest absolute Gasteiger partial charge is 0.512 e. The van der Waals surface area contributed by atoms with Crippen molar-refractivity contribution in [1.82, 2.24) is 9.78 Å². The van der Waals surface area contributed by atoms with Gasteiger partial charge < -0.3 is 10.4 Å². The first-order valence-electron chi connectivity index (χ1n) is 12.3. The van der Waals surface area contributed by atoms with E-state index >= 15 is 0 Å². The van der Waals surface area contributed by atoms with Gasteiger partial charge >= 0.3 is 0 Å². The van der Waals surface area contributed by atoms with Crippen molar-refractivity contribution in [3.8, 4) is 16.9 Å². The van der Waals surface area contributed by atoms with E-state index in [0.717, 1.165) is 22.5 Å². The molecule has 0 aliphatic rings. The number of thiocarbonyl (C=S) groups is 1. The minimum absolute atomic E-state index is 0.0946. The molecule has 0 radical (unpaired) electrons. The Hall–Kier alpha value is -4.03. The Bertz CT molecular complexity index is 1440. The van der Waals surface area contributed by atoms with E-state index in [4.69, 9.17) is 12.2 Å². The van der Waals surface area contributed by atoms with Gasteiger partial charge in [0, 0.05) is 28.7 Å². The monoisotopic (exact) mass is 509 g/mol. The summed E-state index contributed by atoms with van der Waals surface area (Å²) in [5.74, 6) is -0.191. The van der Waals surface area contributed by atoms with Crippen LogP contribution in [0.25, 0.3) is 16.9 Å². The second-order valence-electron chi connectivity index (χ2n) is 9.43. The predicted molar refractivity (Wildman–Crippen MR) is 155 cm³/mol. The van der Waals surface area contributed by atoms with Crippen molar-refractivity contribution >= 4 is 28.7 Å². The highest BCUT2D eigenvalue weighted by atomic mass is 32.1. The molecule has 2 N–H and O–H groups in total. The third kappa shape index (κ3) is 6.22. The van der Waals surface area contributed by atoms with Gasteiger partial charge in [-0.1, -0.05) is 80.2 Å². The predicted octanol–water partition coefficient (Wildman–Crippen LogP) is 7.35. The molecule has 0 saturated carbocycles. The Labute approximate surface area is 223 Å². The van der Waals surface area contributed by atoms with Crippen molar-refractivity contribution in [2.75, 3.05) is 5.32 Å². The molecular formula is C31H31N3O2S. The van der Waals surface area contributed by atoms with Gasteiger partial charge in [0.15, 0.2) is 0 Å². The number of allylic oxidation sites excluding steroid dienone is 1. The molecule has 188 valence electrons. The zero-order valence-corrected chi connectivity index (χ0v) is 22.3. The number of nitrogens with one attached hydrogen (secondary N) is 1. The molecule has 6 heteroatoms. The van der Waals surface area contributed by atoms with Crippen LogP contribution in [0.1, 0.15) is 43.4 Å². The number of rotatable bonds is 8. The number of aliphatic hydroxyl groups excluding tert-OH is 1. The van der Waals surface area contributed by atoms with Gasteiger partial charge in [-0.2, -0.15) is 5.10 Å². The number of amides is 1. The van der Waals surface area contributed by atoms with Crippen molar-refractivity contribution in [3.63, 3.8) is 0 Å². The van der Waals surface area contributed by atoms with Crippen LogP contribution in [0.5, 0.6) is 0 Å². The summed E-state index contributed by atoms with van der Waals surface area (Å²) in [6.45, 7) is 7.79. The molecule has 0 atom stereocenters. The highest BCUT2D eigenvalue weighted by Crippen LogP contribution is 2.24. The van der Waals surface area contributed by atoms with Gasteiger partial charge in [0.1, 0.15) is 5.76 Å². The lowest BCUT2D eigenvalue weighted by molar-refractivity contribution is -0.112. The van der Waals surface area contributed by atoms with E-state index in [2.05, 4.69) is 49.4 Å². The molecule has 1 heterocycles. The second-order valence-corrected chi connectivity index (χ2v) is 9.92. The molecule has 0 saturated heterocycles. The Morgan fingerprint density at radius 3 is 2.32 bits per heavy atom. The molecule has 4 rings (SSSR count). The highest BCUT2D eigenvalue weighted by molar-refractivity contribution is 7.81. The zero-order chi connectivity index (χ0) is 26.5. The van der Waals surface area contributed by atoms with Crippen LogP contribution in [0, 0.1) is 6.92 Å². The van der Waals surface area contributed by atoms with Crippen LogP contribution in [0.4, 0.5) is 5.69 Å². The lowest BCUT2D eigenvalue weighted by atomic mass is 9.93. The van der Waals surface area contributed by atoms with Gasteiger partial charge in [-0.25, -0.2) is 4.68 Å². The van der Waals surface area contributed by atoms with Crippen LogP contribution in [0.3, 0.4) is 0 Å². The fourth-order valence-corrected chi connectivity index (χ4v) is 4.65. The highest BCUT2D eigenvalue weighted by Gasteiger charge is 2.20. The number of carbonyl (C=O) groups excluding carboxylic acids is 1. The number of aliphatic hydroxyl groups is 1. The van der Waals surface area contributed by atoms with Crippen molar-refractivity contribution in [2.45, 2.75) is 40.0 Å². The molecule has 1 aromatic heterocycles. The van der Waals surface area contributed by atoms with Crippen molar-refractivity contribution in [1.29, 1.82) is 0 Å². The van der Waals surface area contributed by atoms with Crippen molar-refractivity contribution in [2.24, 2.45) is 0 Å². The third-order valence-electron chi connectivity index (χ3n) is 6.22. The number of aromatic nitrogens is 2. The summed E-state index contributed by atoms with van der Waals surface area (Å²) >= 11 is 5.62. The normalized spacial score (nSPS) is 11.8. The third-order valence-corrected chi connectivity index (χ3v) is 6.57. The Morgan fingerprint density at radius 1 is 1.00 bits per heavy atom. The number of hydrogen-bond acceptors (Lipinski definition) is 4. The number of hydrogen-bond donors (Lipinski definition) is 2. The Balaban J connectivity index is 1.46. The summed E-state index contributed by atoms with van der Waals surface area (Å²) in [5, 5.41) is 17.9. The van der Waals surface area contributed by atoms with Crippen LogP contribution in [-0.2, 0) is 11.2 Å². The molecule has 37 heavy (non-hydrogen) atoms. The van der Waals surface area contributed by atoms with Crippen LogP contribution >= 0.6 is 12.2 Å². The quantitative estimate of drug-likeness (QED) is 0.148. The summed E-state index contributed by atoms with van der Waals surface area (Å²) in [4.78, 5) is 13.5. The molecule has 0 fully saturated rings. The van der Waals surface area contributed by atoms with Crippen molar-refractivity contribution in [3.05, 3.63) is 113 Å². The molecule has 0 spiro atoms. The molecule has 0 aliphatic carbocycles. The van der Waals surface area contributed by atoms with Gasteiger partial charge in [-0.3, -0.25) is 4.79 Å². The zero-order valence-electron chi connectivity index (χ0n) is 21.5. The summed E-state index contributed by atoms with van der Waals surface area (Å²) < 4.78 is 1.84. The maximum absolute atomic E-state index is 13.1. The molecular weight excluding hydrogens is 478 g/mol. The lowest BCUT2D eigenvalue weighted by Gasteiger charge is -2.15. The first-order valence-corrected chi connectivity index (χ1v) is 12.7. The van der Waals surface area contributed by atoms with E-state index in [-0.39, 0.29) is 11.3 Å². The molecule has 0 aliphatic heterocycles. The summed E-state index contributed by atoms with van der Waals surface area (Å²) in [6.07, 6.45) is 2.34. The number of anilines is 1. The van der Waals surface area contributed by atoms with E-state index < -0.39 is 5.91 Å². The van der Waals surface area contributed by atoms with E-state index in [1.165, 1.54) is 18.1 Å². The molecule has 0 unspecified atom stereocenters. The van der Waals surface area contributed by atoms with Crippen LogP contribution in [0.15, 0.2) is 96.4 Å². The number of aryl methyl sites for hydroxylation is 1.